The number of hydrogen-bond acceptors (Lipinski definition) is 3. The monoisotopic (exact) mass is 395 g/mol. The molecule has 0 atom stereocenters. The molecule has 156 valence electrons. The van der Waals surface area contributed by atoms with Crippen LogP contribution in [0.3, 0.4) is 0 Å². The second-order valence-electron chi connectivity index (χ2n) is 8.36. The SMILES string of the molecule is CC(C)(CNC(=O)N(CCO)CCc1ccccc1)N1CCc2ccccc2C1. The molecule has 3 rings (SSSR count). The molecule has 0 radical (unpaired) electrons. The summed E-state index contributed by atoms with van der Waals surface area (Å²) in [6, 6.07) is 18.6. The quantitative estimate of drug-likeness (QED) is 0.722. The molecule has 5 heteroatoms. The number of amides is 2. The Kier molecular flexibility index (Phi) is 7.29. The summed E-state index contributed by atoms with van der Waals surface area (Å²) < 4.78 is 0. The van der Waals surface area contributed by atoms with Crippen molar-refractivity contribution in [1.29, 1.82) is 0 Å². The molecular weight excluding hydrogens is 362 g/mol. The number of aliphatic hydroxyl groups excluding tert-OH is 1. The number of carbonyl (C=O) groups is 1. The molecule has 0 saturated carbocycles. The Morgan fingerprint density at radius 3 is 2.48 bits per heavy atom. The highest BCUT2D eigenvalue weighted by atomic mass is 16.3. The lowest BCUT2D eigenvalue weighted by molar-refractivity contribution is 0.101. The van der Waals surface area contributed by atoms with E-state index in [9.17, 15) is 9.90 Å². The van der Waals surface area contributed by atoms with Crippen LogP contribution in [-0.4, -0.2) is 59.3 Å². The fourth-order valence-corrected chi connectivity index (χ4v) is 3.87. The highest BCUT2D eigenvalue weighted by Crippen LogP contribution is 2.25. The van der Waals surface area contributed by atoms with Crippen LogP contribution in [0.25, 0.3) is 0 Å². The first-order chi connectivity index (χ1) is 14.0. The number of aliphatic hydroxyl groups is 1. The molecule has 0 aromatic heterocycles. The number of carbonyl (C=O) groups excluding carboxylic acids is 1. The molecule has 2 aromatic carbocycles. The summed E-state index contributed by atoms with van der Waals surface area (Å²) in [4.78, 5) is 16.9. The summed E-state index contributed by atoms with van der Waals surface area (Å²) in [7, 11) is 0. The number of benzene rings is 2. The van der Waals surface area contributed by atoms with Crippen molar-refractivity contribution < 1.29 is 9.90 Å². The Hall–Kier alpha value is -2.37. The van der Waals surface area contributed by atoms with Crippen LogP contribution in [0.2, 0.25) is 0 Å². The minimum atomic E-state index is -0.145. The average Bonchev–Trinajstić information content (AvgIpc) is 2.75. The van der Waals surface area contributed by atoms with Crippen LogP contribution in [-0.2, 0) is 19.4 Å². The smallest absolute Gasteiger partial charge is 0.317 e. The van der Waals surface area contributed by atoms with E-state index in [0.717, 1.165) is 25.9 Å². The zero-order valence-electron chi connectivity index (χ0n) is 17.6. The van der Waals surface area contributed by atoms with Crippen LogP contribution in [0.1, 0.15) is 30.5 Å². The van der Waals surface area contributed by atoms with Crippen LogP contribution in [0.15, 0.2) is 54.6 Å². The van der Waals surface area contributed by atoms with Gasteiger partial charge in [-0.1, -0.05) is 54.6 Å². The second kappa shape index (κ2) is 9.90. The summed E-state index contributed by atoms with van der Waals surface area (Å²) in [5.74, 6) is 0. The summed E-state index contributed by atoms with van der Waals surface area (Å²) in [5.41, 5.74) is 3.85. The van der Waals surface area contributed by atoms with Gasteiger partial charge < -0.3 is 15.3 Å². The first kappa shape index (κ1) is 21.3. The van der Waals surface area contributed by atoms with Gasteiger partial charge in [0, 0.05) is 38.3 Å². The maximum Gasteiger partial charge on any atom is 0.317 e. The van der Waals surface area contributed by atoms with Gasteiger partial charge in [-0.05, 0) is 43.4 Å². The third-order valence-corrected chi connectivity index (χ3v) is 5.83. The van der Waals surface area contributed by atoms with Crippen LogP contribution >= 0.6 is 0 Å². The fourth-order valence-electron chi connectivity index (χ4n) is 3.87. The van der Waals surface area contributed by atoms with Gasteiger partial charge in [-0.25, -0.2) is 4.79 Å². The zero-order chi connectivity index (χ0) is 20.7. The third kappa shape index (κ3) is 5.81. The Morgan fingerprint density at radius 1 is 1.07 bits per heavy atom. The maximum absolute atomic E-state index is 12.8. The van der Waals surface area contributed by atoms with Crippen LogP contribution in [0, 0.1) is 0 Å². The van der Waals surface area contributed by atoms with E-state index < -0.39 is 0 Å². The van der Waals surface area contributed by atoms with E-state index in [1.165, 1.54) is 16.7 Å². The van der Waals surface area contributed by atoms with Crippen molar-refractivity contribution in [2.75, 3.05) is 32.8 Å². The van der Waals surface area contributed by atoms with E-state index in [4.69, 9.17) is 0 Å². The molecule has 29 heavy (non-hydrogen) atoms. The van der Waals surface area contributed by atoms with Gasteiger partial charge in [-0.3, -0.25) is 4.90 Å². The molecule has 0 aliphatic carbocycles. The van der Waals surface area contributed by atoms with Crippen molar-refractivity contribution in [2.24, 2.45) is 0 Å². The van der Waals surface area contributed by atoms with Gasteiger partial charge in [-0.15, -0.1) is 0 Å². The first-order valence-corrected chi connectivity index (χ1v) is 10.5. The van der Waals surface area contributed by atoms with Gasteiger partial charge in [0.25, 0.3) is 0 Å². The molecule has 2 N–H and O–H groups in total. The lowest BCUT2D eigenvalue weighted by atomic mass is 9.94. The minimum Gasteiger partial charge on any atom is -0.395 e. The molecule has 0 fully saturated rings. The molecule has 0 bridgehead atoms. The molecular formula is C24H33N3O2. The summed E-state index contributed by atoms with van der Waals surface area (Å²) in [5, 5.41) is 12.5. The Labute approximate surface area is 174 Å². The molecule has 5 nitrogen and oxygen atoms in total. The fraction of sp³-hybridized carbons (Fsp3) is 0.458. The molecule has 1 aliphatic rings. The van der Waals surface area contributed by atoms with E-state index in [1.807, 2.05) is 18.2 Å². The lowest BCUT2D eigenvalue weighted by Crippen LogP contribution is -2.55. The molecule has 0 spiro atoms. The number of nitrogens with one attached hydrogen (secondary N) is 1. The normalized spacial score (nSPS) is 14.3. The van der Waals surface area contributed by atoms with Crippen molar-refractivity contribution in [1.82, 2.24) is 15.1 Å². The first-order valence-electron chi connectivity index (χ1n) is 10.5. The molecule has 2 aromatic rings. The Bertz CT molecular complexity index is 792. The predicted molar refractivity (Wildman–Crippen MR) is 117 cm³/mol. The summed E-state index contributed by atoms with van der Waals surface area (Å²) >= 11 is 0. The number of urea groups is 1. The molecule has 0 unspecified atom stereocenters. The lowest BCUT2D eigenvalue weighted by Gasteiger charge is -2.42. The highest BCUT2D eigenvalue weighted by Gasteiger charge is 2.30. The van der Waals surface area contributed by atoms with E-state index in [-0.39, 0.29) is 18.2 Å². The third-order valence-electron chi connectivity index (χ3n) is 5.83. The predicted octanol–water partition coefficient (Wildman–Crippen LogP) is 3.07. The van der Waals surface area contributed by atoms with Crippen LogP contribution in [0.4, 0.5) is 4.79 Å². The molecule has 2 amide bonds. The van der Waals surface area contributed by atoms with E-state index >= 15 is 0 Å². The summed E-state index contributed by atoms with van der Waals surface area (Å²) in [6.07, 6.45) is 1.82. The van der Waals surface area contributed by atoms with Crippen molar-refractivity contribution >= 4 is 6.03 Å². The van der Waals surface area contributed by atoms with Gasteiger partial charge in [0.15, 0.2) is 0 Å². The molecule has 1 heterocycles. The Balaban J connectivity index is 1.54. The van der Waals surface area contributed by atoms with Gasteiger partial charge in [0.05, 0.1) is 6.61 Å². The minimum absolute atomic E-state index is 0.0332. The van der Waals surface area contributed by atoms with Gasteiger partial charge >= 0.3 is 6.03 Å². The topological polar surface area (TPSA) is 55.8 Å². The Morgan fingerprint density at radius 2 is 1.76 bits per heavy atom. The van der Waals surface area contributed by atoms with Crippen LogP contribution < -0.4 is 5.32 Å². The number of rotatable bonds is 8. The van der Waals surface area contributed by atoms with Gasteiger partial charge in [0.1, 0.15) is 0 Å². The zero-order valence-corrected chi connectivity index (χ0v) is 17.6. The number of fused-ring (bicyclic) bond motifs is 1. The molecule has 1 aliphatic heterocycles. The van der Waals surface area contributed by atoms with Crippen molar-refractivity contribution in [3.05, 3.63) is 71.3 Å². The van der Waals surface area contributed by atoms with E-state index in [2.05, 4.69) is 60.5 Å². The van der Waals surface area contributed by atoms with E-state index in [0.29, 0.717) is 19.6 Å². The van der Waals surface area contributed by atoms with Crippen molar-refractivity contribution in [3.8, 4) is 0 Å². The largest absolute Gasteiger partial charge is 0.395 e. The van der Waals surface area contributed by atoms with E-state index in [1.54, 1.807) is 4.90 Å². The van der Waals surface area contributed by atoms with Crippen LogP contribution in [0.5, 0.6) is 0 Å². The average molecular weight is 396 g/mol. The number of hydrogen-bond donors (Lipinski definition) is 2. The van der Waals surface area contributed by atoms with Crippen molar-refractivity contribution in [2.45, 2.75) is 38.8 Å². The molecule has 0 saturated heterocycles. The second-order valence-corrected chi connectivity index (χ2v) is 8.36. The van der Waals surface area contributed by atoms with Crippen molar-refractivity contribution in [3.63, 3.8) is 0 Å². The standard InChI is InChI=1S/C24H33N3O2/c1-24(2,27-15-13-21-10-6-7-11-22(21)18-27)19-25-23(29)26(16-17-28)14-12-20-8-4-3-5-9-20/h3-11,28H,12-19H2,1-2H3,(H,25,29). The highest BCUT2D eigenvalue weighted by molar-refractivity contribution is 5.74. The maximum atomic E-state index is 12.8. The summed E-state index contributed by atoms with van der Waals surface area (Å²) in [6.45, 7) is 7.74. The van der Waals surface area contributed by atoms with Gasteiger partial charge in [0.2, 0.25) is 0 Å². The van der Waals surface area contributed by atoms with Gasteiger partial charge in [-0.2, -0.15) is 0 Å². The number of nitrogens with zero attached hydrogens (tertiary/aromatic N) is 2.